The van der Waals surface area contributed by atoms with Crippen LogP contribution in [-0.4, -0.2) is 6.17 Å². The molecule has 0 radical (unpaired) electrons. The molecule has 76 valence electrons. The maximum Gasteiger partial charge on any atom is 0.0965 e. The van der Waals surface area contributed by atoms with Crippen LogP contribution < -0.4 is 10.6 Å². The van der Waals surface area contributed by atoms with Crippen LogP contribution >= 0.6 is 0 Å². The Balaban J connectivity index is 2.13. The normalized spacial score (nSPS) is 26.7. The number of nitrogens with one attached hydrogen (secondary N) is 2. The van der Waals surface area contributed by atoms with Crippen molar-refractivity contribution < 1.29 is 0 Å². The van der Waals surface area contributed by atoms with Crippen LogP contribution in [0.4, 0.5) is 5.69 Å². The van der Waals surface area contributed by atoms with E-state index in [-0.39, 0.29) is 6.17 Å². The maximum atomic E-state index is 3.82. The fraction of sp³-hybridized carbons (Fsp3) is 0.231. The highest BCUT2D eigenvalue weighted by Gasteiger charge is 2.25. The maximum absolute atomic E-state index is 3.82. The van der Waals surface area contributed by atoms with Crippen molar-refractivity contribution >= 4 is 5.69 Å². The number of hydrogen-bond donors (Lipinski definition) is 2. The lowest BCUT2D eigenvalue weighted by molar-refractivity contribution is 0.554. The Labute approximate surface area is 89.7 Å². The standard InChI is InChI=1S/C13H14N2/c1-2-12-14-10-7-3-5-9-6-4-8-11(15-12)13(9)10/h2-5,7-8,11-12,14-15H,1,6H2. The number of rotatable bonds is 1. The Morgan fingerprint density at radius 3 is 3.20 bits per heavy atom. The quantitative estimate of drug-likeness (QED) is 0.677. The first-order valence-electron chi connectivity index (χ1n) is 5.32. The zero-order valence-corrected chi connectivity index (χ0v) is 8.53. The third kappa shape index (κ3) is 1.29. The highest BCUT2D eigenvalue weighted by atomic mass is 15.2. The summed E-state index contributed by atoms with van der Waals surface area (Å²) in [4.78, 5) is 0. The van der Waals surface area contributed by atoms with Crippen molar-refractivity contribution in [1.82, 2.24) is 5.32 Å². The molecule has 0 saturated carbocycles. The van der Waals surface area contributed by atoms with Gasteiger partial charge < -0.3 is 5.32 Å². The molecule has 1 aliphatic carbocycles. The van der Waals surface area contributed by atoms with Crippen molar-refractivity contribution in [1.29, 1.82) is 0 Å². The van der Waals surface area contributed by atoms with Gasteiger partial charge in [-0.2, -0.15) is 0 Å². The van der Waals surface area contributed by atoms with Crippen LogP contribution in [0.2, 0.25) is 0 Å². The summed E-state index contributed by atoms with van der Waals surface area (Å²) in [7, 11) is 0. The molecule has 2 unspecified atom stereocenters. The molecule has 2 atom stereocenters. The summed E-state index contributed by atoms with van der Waals surface area (Å²) in [5.41, 5.74) is 4.06. The van der Waals surface area contributed by atoms with Crippen LogP contribution in [0, 0.1) is 0 Å². The average molecular weight is 198 g/mol. The first-order chi connectivity index (χ1) is 7.38. The van der Waals surface area contributed by atoms with Gasteiger partial charge in [-0.05, 0) is 23.6 Å². The van der Waals surface area contributed by atoms with E-state index in [0.29, 0.717) is 6.04 Å². The van der Waals surface area contributed by atoms with Crippen molar-refractivity contribution in [3.8, 4) is 0 Å². The molecule has 1 heterocycles. The van der Waals surface area contributed by atoms with Gasteiger partial charge in [0, 0.05) is 5.69 Å². The smallest absolute Gasteiger partial charge is 0.0965 e. The molecule has 0 spiro atoms. The molecule has 1 aromatic rings. The zero-order chi connectivity index (χ0) is 10.3. The van der Waals surface area contributed by atoms with Gasteiger partial charge in [-0.15, -0.1) is 0 Å². The van der Waals surface area contributed by atoms with E-state index in [1.807, 2.05) is 6.08 Å². The van der Waals surface area contributed by atoms with Crippen LogP contribution in [0.3, 0.4) is 0 Å². The van der Waals surface area contributed by atoms with Crippen LogP contribution in [-0.2, 0) is 6.42 Å². The van der Waals surface area contributed by atoms with Gasteiger partial charge in [0.2, 0.25) is 0 Å². The molecule has 15 heavy (non-hydrogen) atoms. The third-order valence-corrected chi connectivity index (χ3v) is 3.08. The summed E-state index contributed by atoms with van der Waals surface area (Å²) >= 11 is 0. The zero-order valence-electron chi connectivity index (χ0n) is 8.53. The summed E-state index contributed by atoms with van der Waals surface area (Å²) < 4.78 is 0. The van der Waals surface area contributed by atoms with Crippen LogP contribution in [0.1, 0.15) is 17.2 Å². The first kappa shape index (κ1) is 8.74. The van der Waals surface area contributed by atoms with E-state index in [1.165, 1.54) is 16.8 Å². The molecule has 2 heteroatoms. The summed E-state index contributed by atoms with van der Waals surface area (Å²) in [6.45, 7) is 3.82. The van der Waals surface area contributed by atoms with Crippen molar-refractivity contribution in [2.75, 3.05) is 5.32 Å². The molecular weight excluding hydrogens is 184 g/mol. The van der Waals surface area contributed by atoms with Gasteiger partial charge in [0.25, 0.3) is 0 Å². The molecule has 0 bridgehead atoms. The summed E-state index contributed by atoms with van der Waals surface area (Å²) in [5.74, 6) is 0. The Hall–Kier alpha value is -1.54. The van der Waals surface area contributed by atoms with Crippen LogP contribution in [0.15, 0.2) is 43.0 Å². The molecule has 0 fully saturated rings. The fourth-order valence-electron chi connectivity index (χ4n) is 2.38. The van der Waals surface area contributed by atoms with E-state index in [9.17, 15) is 0 Å². The van der Waals surface area contributed by atoms with Crippen molar-refractivity contribution in [2.45, 2.75) is 18.6 Å². The predicted molar refractivity (Wildman–Crippen MR) is 62.8 cm³/mol. The molecule has 1 aliphatic heterocycles. The molecule has 3 rings (SSSR count). The lowest BCUT2D eigenvalue weighted by atomic mass is 9.89. The number of hydrogen-bond acceptors (Lipinski definition) is 2. The number of benzene rings is 1. The van der Waals surface area contributed by atoms with Crippen LogP contribution in [0.25, 0.3) is 0 Å². The number of allylic oxidation sites excluding steroid dienone is 1. The predicted octanol–water partition coefficient (Wildman–Crippen LogP) is 2.37. The lowest BCUT2D eigenvalue weighted by Gasteiger charge is -2.34. The van der Waals surface area contributed by atoms with Crippen LogP contribution in [0.5, 0.6) is 0 Å². The van der Waals surface area contributed by atoms with Gasteiger partial charge >= 0.3 is 0 Å². The highest BCUT2D eigenvalue weighted by molar-refractivity contribution is 5.61. The summed E-state index contributed by atoms with van der Waals surface area (Å²) in [5, 5.41) is 6.91. The van der Waals surface area contributed by atoms with Gasteiger partial charge in [0.05, 0.1) is 12.2 Å². The van der Waals surface area contributed by atoms with E-state index < -0.39 is 0 Å². The minimum atomic E-state index is 0.167. The minimum absolute atomic E-state index is 0.167. The molecule has 0 aromatic heterocycles. The first-order valence-corrected chi connectivity index (χ1v) is 5.32. The van der Waals surface area contributed by atoms with E-state index >= 15 is 0 Å². The second-order valence-electron chi connectivity index (χ2n) is 4.01. The molecule has 0 saturated heterocycles. The van der Waals surface area contributed by atoms with Gasteiger partial charge in [-0.1, -0.05) is 36.9 Å². The van der Waals surface area contributed by atoms with E-state index in [1.54, 1.807) is 0 Å². The Morgan fingerprint density at radius 2 is 2.33 bits per heavy atom. The fourth-order valence-corrected chi connectivity index (χ4v) is 2.38. The van der Waals surface area contributed by atoms with Gasteiger partial charge in [-0.25, -0.2) is 0 Å². The van der Waals surface area contributed by atoms with E-state index in [0.717, 1.165) is 6.42 Å². The SMILES string of the molecule is C=CC1Nc2cccc3c2C(C=CC3)N1. The molecule has 1 aromatic carbocycles. The largest absolute Gasteiger partial charge is 0.366 e. The van der Waals surface area contributed by atoms with Gasteiger partial charge in [0.1, 0.15) is 0 Å². The second-order valence-corrected chi connectivity index (χ2v) is 4.01. The van der Waals surface area contributed by atoms with E-state index in [4.69, 9.17) is 0 Å². The molecule has 2 N–H and O–H groups in total. The second kappa shape index (κ2) is 3.24. The molecule has 2 aliphatic rings. The average Bonchev–Trinajstić information content (AvgIpc) is 2.29. The molecule has 2 nitrogen and oxygen atoms in total. The Morgan fingerprint density at radius 1 is 1.40 bits per heavy atom. The monoisotopic (exact) mass is 198 g/mol. The number of anilines is 1. The summed E-state index contributed by atoms with van der Waals surface area (Å²) in [6.07, 6.45) is 7.58. The third-order valence-electron chi connectivity index (χ3n) is 3.08. The lowest BCUT2D eigenvalue weighted by Crippen LogP contribution is -2.42. The Kier molecular flexibility index (Phi) is 1.89. The van der Waals surface area contributed by atoms with Crippen molar-refractivity contribution in [2.24, 2.45) is 0 Å². The molecular formula is C13H14N2. The van der Waals surface area contributed by atoms with E-state index in [2.05, 4.69) is 47.6 Å². The van der Waals surface area contributed by atoms with Crippen molar-refractivity contribution in [3.05, 3.63) is 54.1 Å². The minimum Gasteiger partial charge on any atom is -0.366 e. The Bertz CT molecular complexity index is 434. The summed E-state index contributed by atoms with van der Waals surface area (Å²) in [6, 6.07) is 6.80. The molecule has 0 amide bonds. The van der Waals surface area contributed by atoms with Crippen molar-refractivity contribution in [3.63, 3.8) is 0 Å². The van der Waals surface area contributed by atoms with Gasteiger partial charge in [-0.3, -0.25) is 5.32 Å². The van der Waals surface area contributed by atoms with Gasteiger partial charge in [0.15, 0.2) is 0 Å². The highest BCUT2D eigenvalue weighted by Crippen LogP contribution is 2.34. The topological polar surface area (TPSA) is 24.1 Å².